The first-order valence-electron chi connectivity index (χ1n) is 10.3. The molecule has 0 saturated heterocycles. The molecule has 0 bridgehead atoms. The van der Waals surface area contributed by atoms with Crippen LogP contribution in [-0.4, -0.2) is 41.6 Å². The van der Waals surface area contributed by atoms with Crippen molar-refractivity contribution in [3.63, 3.8) is 0 Å². The van der Waals surface area contributed by atoms with Gasteiger partial charge in [0.2, 0.25) is 5.91 Å². The highest BCUT2D eigenvalue weighted by molar-refractivity contribution is 6.22. The highest BCUT2D eigenvalue weighted by Gasteiger charge is 2.36. The lowest BCUT2D eigenvalue weighted by atomic mass is 10.0. The van der Waals surface area contributed by atoms with E-state index in [0.29, 0.717) is 29.0 Å². The number of nitrogens with zero attached hydrogens (tertiary/aromatic N) is 2. The highest BCUT2D eigenvalue weighted by Crippen LogP contribution is 2.31. The van der Waals surface area contributed by atoms with Gasteiger partial charge in [-0.15, -0.1) is 0 Å². The Labute approximate surface area is 183 Å². The maximum atomic E-state index is 12.8. The van der Waals surface area contributed by atoms with Gasteiger partial charge in [0.05, 0.1) is 17.4 Å². The van der Waals surface area contributed by atoms with Crippen molar-refractivity contribution in [1.29, 1.82) is 0 Å². The van der Waals surface area contributed by atoms with Crippen LogP contribution < -0.4 is 10.2 Å². The molecule has 3 heterocycles. The van der Waals surface area contributed by atoms with E-state index >= 15 is 0 Å². The van der Waals surface area contributed by atoms with Crippen molar-refractivity contribution in [2.24, 2.45) is 0 Å². The molecule has 0 saturated carbocycles. The second-order valence-electron chi connectivity index (χ2n) is 7.67. The maximum Gasteiger partial charge on any atom is 0.293 e. The molecule has 2 aromatic carbocycles. The van der Waals surface area contributed by atoms with Gasteiger partial charge in [-0.2, -0.15) is 0 Å². The zero-order valence-corrected chi connectivity index (χ0v) is 17.0. The zero-order valence-electron chi connectivity index (χ0n) is 17.0. The van der Waals surface area contributed by atoms with Gasteiger partial charge in [-0.1, -0.05) is 18.2 Å². The van der Waals surface area contributed by atoms with Gasteiger partial charge in [0.25, 0.3) is 17.7 Å². The molecule has 5 rings (SSSR count). The standard InChI is InChI=1S/C24H19N3O5/c28-21(14-27-22(29)17-6-1-2-7-18(17)23(27)30)25-16-10-9-15-5-3-11-26(19(15)13-16)24(31)20-8-4-12-32-20/h1-2,4,6-10,12-13H,3,5,11,14H2,(H,25,28). The van der Waals surface area contributed by atoms with E-state index in [1.807, 2.05) is 6.07 Å². The molecule has 32 heavy (non-hydrogen) atoms. The number of fused-ring (bicyclic) bond motifs is 2. The first kappa shape index (κ1) is 19.7. The SMILES string of the molecule is O=C(CN1C(=O)c2ccccc2C1=O)Nc1ccc2c(c1)N(C(=O)c1ccco1)CCC2. The molecule has 8 nitrogen and oxygen atoms in total. The Bertz CT molecular complexity index is 1210. The number of furan rings is 1. The number of carbonyl (C=O) groups excluding carboxylic acids is 4. The molecular weight excluding hydrogens is 410 g/mol. The molecule has 0 spiro atoms. The smallest absolute Gasteiger partial charge is 0.293 e. The van der Waals surface area contributed by atoms with E-state index in [4.69, 9.17) is 4.42 Å². The first-order valence-corrected chi connectivity index (χ1v) is 10.3. The average Bonchev–Trinajstić information content (AvgIpc) is 3.42. The van der Waals surface area contributed by atoms with Crippen molar-refractivity contribution in [3.05, 3.63) is 83.3 Å². The van der Waals surface area contributed by atoms with Crippen LogP contribution in [0.1, 0.15) is 43.3 Å². The summed E-state index contributed by atoms with van der Waals surface area (Å²) >= 11 is 0. The molecule has 160 valence electrons. The van der Waals surface area contributed by atoms with Gasteiger partial charge in [0.1, 0.15) is 6.54 Å². The van der Waals surface area contributed by atoms with Crippen molar-refractivity contribution in [2.45, 2.75) is 12.8 Å². The number of benzene rings is 2. The molecule has 2 aliphatic rings. The minimum atomic E-state index is -0.501. The molecular formula is C24H19N3O5. The van der Waals surface area contributed by atoms with Crippen LogP contribution in [0.3, 0.4) is 0 Å². The fraction of sp³-hybridized carbons (Fsp3) is 0.167. The van der Waals surface area contributed by atoms with E-state index in [-0.39, 0.29) is 11.7 Å². The minimum absolute atomic E-state index is 0.245. The third-order valence-electron chi connectivity index (χ3n) is 5.64. The molecule has 0 fully saturated rings. The summed E-state index contributed by atoms with van der Waals surface area (Å²) in [6, 6.07) is 15.1. The molecule has 1 aromatic heterocycles. The van der Waals surface area contributed by atoms with Crippen molar-refractivity contribution < 1.29 is 23.6 Å². The predicted octanol–water partition coefficient (Wildman–Crippen LogP) is 3.11. The fourth-order valence-corrected chi connectivity index (χ4v) is 4.12. The van der Waals surface area contributed by atoms with Crippen LogP contribution in [0.5, 0.6) is 0 Å². The van der Waals surface area contributed by atoms with Crippen molar-refractivity contribution in [3.8, 4) is 0 Å². The van der Waals surface area contributed by atoms with E-state index in [1.165, 1.54) is 6.26 Å². The molecule has 4 amide bonds. The number of aryl methyl sites for hydroxylation is 1. The second kappa shape index (κ2) is 7.81. The Hall–Kier alpha value is -4.20. The normalized spacial score (nSPS) is 14.9. The summed E-state index contributed by atoms with van der Waals surface area (Å²) in [5.74, 6) is -1.47. The number of hydrogen-bond acceptors (Lipinski definition) is 5. The van der Waals surface area contributed by atoms with E-state index in [0.717, 1.165) is 23.3 Å². The summed E-state index contributed by atoms with van der Waals surface area (Å²) in [4.78, 5) is 53.0. The van der Waals surface area contributed by atoms with E-state index in [2.05, 4.69) is 5.32 Å². The quantitative estimate of drug-likeness (QED) is 0.643. The molecule has 2 aliphatic heterocycles. The van der Waals surface area contributed by atoms with Gasteiger partial charge in [-0.05, 0) is 54.8 Å². The molecule has 1 N–H and O–H groups in total. The van der Waals surface area contributed by atoms with Crippen LogP contribution >= 0.6 is 0 Å². The highest BCUT2D eigenvalue weighted by atomic mass is 16.3. The molecule has 3 aromatic rings. The monoisotopic (exact) mass is 429 g/mol. The second-order valence-corrected chi connectivity index (χ2v) is 7.67. The Morgan fingerprint density at radius 3 is 2.41 bits per heavy atom. The van der Waals surface area contributed by atoms with E-state index < -0.39 is 24.3 Å². The lowest BCUT2D eigenvalue weighted by Crippen LogP contribution is -2.37. The van der Waals surface area contributed by atoms with E-state index in [9.17, 15) is 19.2 Å². The van der Waals surface area contributed by atoms with Crippen LogP contribution in [0.4, 0.5) is 11.4 Å². The molecule has 0 unspecified atom stereocenters. The fourth-order valence-electron chi connectivity index (χ4n) is 4.12. The number of nitrogens with one attached hydrogen (secondary N) is 1. The van der Waals surface area contributed by atoms with Crippen LogP contribution in [0.2, 0.25) is 0 Å². The van der Waals surface area contributed by atoms with Gasteiger partial charge in [0.15, 0.2) is 5.76 Å². The third kappa shape index (κ3) is 3.35. The summed E-state index contributed by atoms with van der Waals surface area (Å²) in [6.07, 6.45) is 3.10. The van der Waals surface area contributed by atoms with Crippen LogP contribution in [0.15, 0.2) is 65.3 Å². The predicted molar refractivity (Wildman–Crippen MR) is 116 cm³/mol. The zero-order chi connectivity index (χ0) is 22.2. The summed E-state index contributed by atoms with van der Waals surface area (Å²) in [7, 11) is 0. The maximum absolute atomic E-state index is 12.8. The van der Waals surface area contributed by atoms with Gasteiger partial charge in [-0.25, -0.2) is 0 Å². The number of amides is 4. The van der Waals surface area contributed by atoms with Crippen LogP contribution in [0.25, 0.3) is 0 Å². The Morgan fingerprint density at radius 1 is 0.969 bits per heavy atom. The number of hydrogen-bond donors (Lipinski definition) is 1. The number of rotatable bonds is 4. The number of carbonyl (C=O) groups is 4. The third-order valence-corrected chi connectivity index (χ3v) is 5.64. The van der Waals surface area contributed by atoms with Crippen molar-refractivity contribution >= 4 is 35.0 Å². The van der Waals surface area contributed by atoms with Crippen LogP contribution in [-0.2, 0) is 11.2 Å². The lowest BCUT2D eigenvalue weighted by molar-refractivity contribution is -0.116. The molecule has 8 heteroatoms. The van der Waals surface area contributed by atoms with E-state index in [1.54, 1.807) is 53.4 Å². The number of anilines is 2. The Morgan fingerprint density at radius 2 is 1.72 bits per heavy atom. The Kier molecular flexibility index (Phi) is 4.82. The topological polar surface area (TPSA) is 99.9 Å². The van der Waals surface area contributed by atoms with Gasteiger partial charge in [-0.3, -0.25) is 24.1 Å². The van der Waals surface area contributed by atoms with Crippen LogP contribution in [0, 0.1) is 0 Å². The van der Waals surface area contributed by atoms with Crippen molar-refractivity contribution in [2.75, 3.05) is 23.3 Å². The molecule has 0 radical (unpaired) electrons. The summed E-state index contributed by atoms with van der Waals surface area (Å²) in [6.45, 7) is 0.150. The molecule has 0 aliphatic carbocycles. The van der Waals surface area contributed by atoms with Crippen molar-refractivity contribution in [1.82, 2.24) is 4.90 Å². The molecule has 0 atom stereocenters. The van der Waals surface area contributed by atoms with Gasteiger partial charge >= 0.3 is 0 Å². The first-order chi connectivity index (χ1) is 15.5. The minimum Gasteiger partial charge on any atom is -0.459 e. The van der Waals surface area contributed by atoms with Gasteiger partial charge in [0, 0.05) is 17.9 Å². The average molecular weight is 429 g/mol. The number of imide groups is 1. The summed E-state index contributed by atoms with van der Waals surface area (Å²) in [5.41, 5.74) is 2.77. The Balaban J connectivity index is 1.33. The summed E-state index contributed by atoms with van der Waals surface area (Å²) in [5, 5.41) is 2.73. The lowest BCUT2D eigenvalue weighted by Gasteiger charge is -2.29. The largest absolute Gasteiger partial charge is 0.459 e. The summed E-state index contributed by atoms with van der Waals surface area (Å²) < 4.78 is 5.25. The van der Waals surface area contributed by atoms with Gasteiger partial charge < -0.3 is 14.6 Å².